The number of rotatable bonds is 6. The average Bonchev–Trinajstić information content (AvgIpc) is 3.57. The first-order valence-electron chi connectivity index (χ1n) is 9.66. The molecule has 2 N–H and O–H groups in total. The highest BCUT2D eigenvalue weighted by Crippen LogP contribution is 2.22. The molecule has 4 nitrogen and oxygen atoms in total. The van der Waals surface area contributed by atoms with Crippen molar-refractivity contribution in [1.82, 2.24) is 10.3 Å². The van der Waals surface area contributed by atoms with Gasteiger partial charge in [-0.2, -0.15) is 0 Å². The standard InChI is InChI=1S/C25H21ClN2O2/c26-23-11-8-21(9-12-23)22-10-14-24(27-16-22)13-7-20-5-3-19(4-6-20)2-1-15-28-25(17-29)18-30-25/h1-6,8-12,14,16,28-29H,15,17-18H2/b2-1+. The molecule has 0 aliphatic carbocycles. The molecule has 5 heteroatoms. The van der Waals surface area contributed by atoms with E-state index in [1.165, 1.54) is 0 Å². The highest BCUT2D eigenvalue weighted by Gasteiger charge is 2.43. The Kier molecular flexibility index (Phi) is 6.27. The fourth-order valence-electron chi connectivity index (χ4n) is 2.87. The summed E-state index contributed by atoms with van der Waals surface area (Å²) in [5, 5.41) is 13.1. The van der Waals surface area contributed by atoms with Gasteiger partial charge in [-0.05, 0) is 47.4 Å². The summed E-state index contributed by atoms with van der Waals surface area (Å²) in [5.41, 5.74) is 4.32. The minimum Gasteiger partial charge on any atom is -0.392 e. The molecule has 150 valence electrons. The van der Waals surface area contributed by atoms with Crippen molar-refractivity contribution in [3.63, 3.8) is 0 Å². The van der Waals surface area contributed by atoms with Gasteiger partial charge in [0.15, 0.2) is 5.72 Å². The van der Waals surface area contributed by atoms with Gasteiger partial charge in [0.2, 0.25) is 0 Å². The molecule has 0 amide bonds. The van der Waals surface area contributed by atoms with Gasteiger partial charge < -0.3 is 9.84 Å². The van der Waals surface area contributed by atoms with Crippen molar-refractivity contribution in [2.75, 3.05) is 19.8 Å². The Labute approximate surface area is 181 Å². The largest absolute Gasteiger partial charge is 0.392 e. The maximum absolute atomic E-state index is 9.18. The molecule has 0 spiro atoms. The van der Waals surface area contributed by atoms with Gasteiger partial charge >= 0.3 is 0 Å². The number of aliphatic hydroxyl groups excluding tert-OH is 1. The molecule has 1 atom stereocenters. The van der Waals surface area contributed by atoms with Crippen LogP contribution in [-0.2, 0) is 4.74 Å². The molecule has 1 unspecified atom stereocenters. The van der Waals surface area contributed by atoms with E-state index in [2.05, 4.69) is 22.1 Å². The van der Waals surface area contributed by atoms with Gasteiger partial charge in [0.25, 0.3) is 0 Å². The predicted molar refractivity (Wildman–Crippen MR) is 120 cm³/mol. The van der Waals surface area contributed by atoms with Crippen LogP contribution in [0.3, 0.4) is 0 Å². The topological polar surface area (TPSA) is 57.7 Å². The van der Waals surface area contributed by atoms with Crippen molar-refractivity contribution in [2.24, 2.45) is 0 Å². The number of hydrogen-bond acceptors (Lipinski definition) is 4. The molecule has 0 bridgehead atoms. The average molecular weight is 417 g/mol. The maximum Gasteiger partial charge on any atom is 0.166 e. The third-order valence-corrected chi connectivity index (χ3v) is 5.04. The molecule has 0 radical (unpaired) electrons. The van der Waals surface area contributed by atoms with E-state index in [1.807, 2.05) is 79.0 Å². The van der Waals surface area contributed by atoms with E-state index < -0.39 is 5.72 Å². The smallest absolute Gasteiger partial charge is 0.166 e. The van der Waals surface area contributed by atoms with Crippen LogP contribution in [0.5, 0.6) is 0 Å². The number of benzene rings is 2. The fourth-order valence-corrected chi connectivity index (χ4v) is 3.00. The number of epoxide rings is 1. The first kappa shape index (κ1) is 20.3. The summed E-state index contributed by atoms with van der Waals surface area (Å²) in [6, 6.07) is 19.6. The summed E-state index contributed by atoms with van der Waals surface area (Å²) >= 11 is 5.94. The third-order valence-electron chi connectivity index (χ3n) is 4.79. The molecule has 2 heterocycles. The predicted octanol–water partition coefficient (Wildman–Crippen LogP) is 4.12. The summed E-state index contributed by atoms with van der Waals surface area (Å²) < 4.78 is 5.19. The summed E-state index contributed by atoms with van der Waals surface area (Å²) in [4.78, 5) is 4.44. The second kappa shape index (κ2) is 9.25. The zero-order valence-corrected chi connectivity index (χ0v) is 17.1. The lowest BCUT2D eigenvalue weighted by molar-refractivity contribution is 0.148. The Morgan fingerprint density at radius 2 is 1.77 bits per heavy atom. The van der Waals surface area contributed by atoms with Gasteiger partial charge in [0.1, 0.15) is 5.69 Å². The van der Waals surface area contributed by atoms with E-state index in [1.54, 1.807) is 0 Å². The van der Waals surface area contributed by atoms with Crippen molar-refractivity contribution < 1.29 is 9.84 Å². The van der Waals surface area contributed by atoms with E-state index in [-0.39, 0.29) is 6.61 Å². The monoisotopic (exact) mass is 416 g/mol. The van der Waals surface area contributed by atoms with Crippen molar-refractivity contribution in [2.45, 2.75) is 5.72 Å². The van der Waals surface area contributed by atoms with Gasteiger partial charge in [0.05, 0.1) is 13.2 Å². The molecule has 3 aromatic rings. The minimum atomic E-state index is -0.523. The van der Waals surface area contributed by atoms with Crippen LogP contribution in [0, 0.1) is 11.8 Å². The normalized spacial score (nSPS) is 17.5. The SMILES string of the molecule is OCC1(NC/C=C/c2ccc(C#Cc3ccc(-c4ccc(Cl)cc4)cn3)cc2)CO1. The van der Waals surface area contributed by atoms with Gasteiger partial charge in [-0.15, -0.1) is 0 Å². The number of hydrogen-bond donors (Lipinski definition) is 2. The zero-order valence-electron chi connectivity index (χ0n) is 16.3. The summed E-state index contributed by atoms with van der Waals surface area (Å²) in [6.07, 6.45) is 5.85. The molecule has 0 saturated carbocycles. The highest BCUT2D eigenvalue weighted by atomic mass is 35.5. The summed E-state index contributed by atoms with van der Waals surface area (Å²) in [7, 11) is 0. The lowest BCUT2D eigenvalue weighted by Gasteiger charge is -2.07. The third kappa shape index (κ3) is 5.35. The minimum absolute atomic E-state index is 0.00703. The number of halogens is 1. The van der Waals surface area contributed by atoms with Gasteiger partial charge in [-0.3, -0.25) is 5.32 Å². The van der Waals surface area contributed by atoms with Crippen LogP contribution in [0.1, 0.15) is 16.8 Å². The quantitative estimate of drug-likeness (QED) is 0.468. The molecular weight excluding hydrogens is 396 g/mol. The zero-order chi connectivity index (χ0) is 20.8. The van der Waals surface area contributed by atoms with E-state index in [4.69, 9.17) is 16.3 Å². The Hall–Kier alpha value is -2.94. The number of aromatic nitrogens is 1. The van der Waals surface area contributed by atoms with Crippen LogP contribution < -0.4 is 5.32 Å². The second-order valence-corrected chi connectivity index (χ2v) is 7.47. The fraction of sp³-hybridized carbons (Fsp3) is 0.160. The maximum atomic E-state index is 9.18. The highest BCUT2D eigenvalue weighted by molar-refractivity contribution is 6.30. The van der Waals surface area contributed by atoms with Gasteiger partial charge in [0, 0.05) is 28.9 Å². The van der Waals surface area contributed by atoms with Crippen molar-refractivity contribution >= 4 is 17.7 Å². The molecule has 1 aliphatic heterocycles. The van der Waals surface area contributed by atoms with Gasteiger partial charge in [-0.1, -0.05) is 60.0 Å². The Balaban J connectivity index is 1.34. The van der Waals surface area contributed by atoms with Crippen molar-refractivity contribution in [1.29, 1.82) is 0 Å². The van der Waals surface area contributed by atoms with Crippen LogP contribution in [0.2, 0.25) is 5.02 Å². The summed E-state index contributed by atoms with van der Waals surface area (Å²) in [6.45, 7) is 1.19. The lowest BCUT2D eigenvalue weighted by Crippen LogP contribution is -2.36. The second-order valence-electron chi connectivity index (χ2n) is 7.04. The Morgan fingerprint density at radius 1 is 1.03 bits per heavy atom. The van der Waals surface area contributed by atoms with Crippen molar-refractivity contribution in [3.8, 4) is 23.0 Å². The van der Waals surface area contributed by atoms with Crippen LogP contribution >= 0.6 is 11.6 Å². The van der Waals surface area contributed by atoms with Crippen LogP contribution in [-0.4, -0.2) is 35.6 Å². The van der Waals surface area contributed by atoms with Crippen LogP contribution in [0.25, 0.3) is 17.2 Å². The molecule has 1 aliphatic rings. The van der Waals surface area contributed by atoms with E-state index in [9.17, 15) is 5.11 Å². The molecule has 1 fully saturated rings. The lowest BCUT2D eigenvalue weighted by atomic mass is 10.1. The Morgan fingerprint density at radius 3 is 2.40 bits per heavy atom. The molecular formula is C25H21ClN2O2. The number of nitrogens with one attached hydrogen (secondary N) is 1. The molecule has 4 rings (SSSR count). The number of ether oxygens (including phenoxy) is 1. The molecule has 2 aromatic carbocycles. The van der Waals surface area contributed by atoms with E-state index in [0.29, 0.717) is 13.2 Å². The molecule has 1 aromatic heterocycles. The summed E-state index contributed by atoms with van der Waals surface area (Å²) in [5.74, 6) is 6.25. The van der Waals surface area contributed by atoms with Crippen LogP contribution in [0.15, 0.2) is 72.9 Å². The van der Waals surface area contributed by atoms with E-state index >= 15 is 0 Å². The Bertz CT molecular complexity index is 1080. The number of aliphatic hydroxyl groups is 1. The van der Waals surface area contributed by atoms with E-state index in [0.717, 1.165) is 33.0 Å². The van der Waals surface area contributed by atoms with Crippen molar-refractivity contribution in [3.05, 3.63) is 94.8 Å². The van der Waals surface area contributed by atoms with Gasteiger partial charge in [-0.25, -0.2) is 4.98 Å². The number of pyridine rings is 1. The van der Waals surface area contributed by atoms with Crippen LogP contribution in [0.4, 0.5) is 0 Å². The number of nitrogens with zero attached hydrogens (tertiary/aromatic N) is 1. The molecule has 1 saturated heterocycles. The molecule has 30 heavy (non-hydrogen) atoms. The first-order valence-corrected chi connectivity index (χ1v) is 10.0. The first-order chi connectivity index (χ1) is 14.7.